The molecule has 2 aromatic carbocycles. The van der Waals surface area contributed by atoms with Gasteiger partial charge in [-0.05, 0) is 16.8 Å². The molecule has 0 amide bonds. The zero-order valence-electron chi connectivity index (χ0n) is 8.82. The van der Waals surface area contributed by atoms with Gasteiger partial charge < -0.3 is 5.32 Å². The Morgan fingerprint density at radius 3 is 2.67 bits per heavy atom. The van der Waals surface area contributed by atoms with Crippen LogP contribution in [0.2, 0.25) is 0 Å². The van der Waals surface area contributed by atoms with Gasteiger partial charge in [0.15, 0.2) is 0 Å². The molecule has 1 aliphatic heterocycles. The Kier molecular flexibility index (Phi) is 2.18. The molecule has 1 saturated heterocycles. The predicted molar refractivity (Wildman–Crippen MR) is 62.7 cm³/mol. The maximum absolute atomic E-state index is 2.46. The second-order valence-electron chi connectivity index (χ2n) is 4.38. The Labute approximate surface area is 90.1 Å². The van der Waals surface area contributed by atoms with Gasteiger partial charge in [-0.1, -0.05) is 36.4 Å². The van der Waals surface area contributed by atoms with Gasteiger partial charge >= 0.3 is 0 Å². The first-order chi connectivity index (χ1) is 7.43. The Bertz CT molecular complexity index is 469. The van der Waals surface area contributed by atoms with Crippen molar-refractivity contribution in [3.8, 4) is 0 Å². The molecule has 0 spiro atoms. The first-order valence-electron chi connectivity index (χ1n) is 5.75. The molecule has 76 valence electrons. The minimum absolute atomic E-state index is 0.703. The molecule has 1 atom stereocenters. The van der Waals surface area contributed by atoms with Crippen molar-refractivity contribution in [3.63, 3.8) is 0 Å². The Morgan fingerprint density at radius 1 is 1.00 bits per heavy atom. The summed E-state index contributed by atoms with van der Waals surface area (Å²) in [4.78, 5) is 0. The Morgan fingerprint density at radius 2 is 1.87 bits per heavy atom. The third kappa shape index (κ3) is 1.64. The first kappa shape index (κ1) is 8.93. The topological polar surface area (TPSA) is 16.6 Å². The van der Waals surface area contributed by atoms with Crippen LogP contribution in [-0.2, 0) is 0 Å². The second kappa shape index (κ2) is 3.67. The lowest BCUT2D eigenvalue weighted by molar-refractivity contribution is -0.676. The highest BCUT2D eigenvalue weighted by Gasteiger charge is 2.19. The van der Waals surface area contributed by atoms with E-state index in [0.717, 1.165) is 0 Å². The highest BCUT2D eigenvalue weighted by atomic mass is 14.9. The summed E-state index contributed by atoms with van der Waals surface area (Å²) >= 11 is 0. The van der Waals surface area contributed by atoms with E-state index in [-0.39, 0.29) is 0 Å². The third-order valence-electron chi connectivity index (χ3n) is 3.37. The van der Waals surface area contributed by atoms with E-state index >= 15 is 0 Å². The summed E-state index contributed by atoms with van der Waals surface area (Å²) in [6.45, 7) is 1.29. The number of rotatable bonds is 1. The zero-order chi connectivity index (χ0) is 10.1. The summed E-state index contributed by atoms with van der Waals surface area (Å²) in [6.07, 6.45) is 2.69. The van der Waals surface area contributed by atoms with Crippen LogP contribution < -0.4 is 5.32 Å². The molecule has 0 radical (unpaired) electrons. The molecule has 1 heterocycles. The normalized spacial score (nSPS) is 20.9. The van der Waals surface area contributed by atoms with Crippen LogP contribution in [-0.4, -0.2) is 6.54 Å². The van der Waals surface area contributed by atoms with Crippen molar-refractivity contribution < 1.29 is 5.32 Å². The zero-order valence-corrected chi connectivity index (χ0v) is 8.82. The molecular formula is C14H16N+. The summed E-state index contributed by atoms with van der Waals surface area (Å²) < 4.78 is 0. The maximum Gasteiger partial charge on any atom is 0.112 e. The van der Waals surface area contributed by atoms with Crippen molar-refractivity contribution in [3.05, 3.63) is 48.0 Å². The minimum atomic E-state index is 0.703. The van der Waals surface area contributed by atoms with Gasteiger partial charge in [-0.2, -0.15) is 0 Å². The van der Waals surface area contributed by atoms with Gasteiger partial charge in [0, 0.05) is 18.4 Å². The molecule has 2 N–H and O–H groups in total. The number of hydrogen-bond donors (Lipinski definition) is 1. The molecule has 0 aliphatic carbocycles. The van der Waals surface area contributed by atoms with E-state index in [9.17, 15) is 0 Å². The van der Waals surface area contributed by atoms with Crippen LogP contribution in [0.25, 0.3) is 10.8 Å². The van der Waals surface area contributed by atoms with Crippen molar-refractivity contribution in [1.82, 2.24) is 0 Å². The van der Waals surface area contributed by atoms with Crippen molar-refractivity contribution in [2.75, 3.05) is 6.54 Å². The molecule has 1 fully saturated rings. The van der Waals surface area contributed by atoms with Gasteiger partial charge in [-0.25, -0.2) is 0 Å². The number of fused-ring (bicyclic) bond motifs is 1. The molecule has 1 nitrogen and oxygen atoms in total. The van der Waals surface area contributed by atoms with E-state index in [1.807, 2.05) is 0 Å². The highest BCUT2D eigenvalue weighted by Crippen LogP contribution is 2.22. The number of benzene rings is 2. The summed E-state index contributed by atoms with van der Waals surface area (Å²) in [7, 11) is 0. The molecule has 1 aliphatic rings. The van der Waals surface area contributed by atoms with Crippen molar-refractivity contribution in [2.45, 2.75) is 18.9 Å². The number of hydrogen-bond acceptors (Lipinski definition) is 0. The first-order valence-corrected chi connectivity index (χ1v) is 5.75. The van der Waals surface area contributed by atoms with Crippen LogP contribution in [0.4, 0.5) is 0 Å². The van der Waals surface area contributed by atoms with Gasteiger partial charge in [0.05, 0.1) is 6.54 Å². The minimum Gasteiger partial charge on any atom is -0.340 e. The highest BCUT2D eigenvalue weighted by molar-refractivity contribution is 5.83. The lowest BCUT2D eigenvalue weighted by Crippen LogP contribution is -2.81. The average Bonchev–Trinajstić information content (AvgIpc) is 2.82. The SMILES string of the molecule is c1ccc2cc([C@@H]3CCC[NH2+]3)ccc2c1. The van der Waals surface area contributed by atoms with Crippen molar-refractivity contribution in [2.24, 2.45) is 0 Å². The molecular weight excluding hydrogens is 182 g/mol. The van der Waals surface area contributed by atoms with Gasteiger partial charge in [0.25, 0.3) is 0 Å². The second-order valence-corrected chi connectivity index (χ2v) is 4.38. The average molecular weight is 198 g/mol. The van der Waals surface area contributed by atoms with E-state index in [1.165, 1.54) is 35.7 Å². The Balaban J connectivity index is 2.05. The Hall–Kier alpha value is -1.34. The van der Waals surface area contributed by atoms with E-state index in [4.69, 9.17) is 0 Å². The molecule has 0 unspecified atom stereocenters. The lowest BCUT2D eigenvalue weighted by atomic mass is 10.0. The van der Waals surface area contributed by atoms with Crippen LogP contribution in [0.3, 0.4) is 0 Å². The third-order valence-corrected chi connectivity index (χ3v) is 3.37. The van der Waals surface area contributed by atoms with E-state index in [1.54, 1.807) is 0 Å². The van der Waals surface area contributed by atoms with Gasteiger partial charge in [-0.3, -0.25) is 0 Å². The lowest BCUT2D eigenvalue weighted by Gasteiger charge is -2.08. The number of nitrogens with two attached hydrogens (primary N) is 1. The maximum atomic E-state index is 2.46. The summed E-state index contributed by atoms with van der Waals surface area (Å²) in [5.74, 6) is 0. The standard InChI is InChI=1S/C14H15N/c1-2-5-12-10-13(8-7-11(12)4-1)14-6-3-9-15-14/h1-2,4-5,7-8,10,14-15H,3,6,9H2/p+1/t14-/m0/s1. The van der Waals surface area contributed by atoms with Gasteiger partial charge in [0.1, 0.15) is 6.04 Å². The molecule has 2 aromatic rings. The summed E-state index contributed by atoms with van der Waals surface area (Å²) in [5, 5.41) is 5.18. The van der Waals surface area contributed by atoms with E-state index in [0.29, 0.717) is 6.04 Å². The van der Waals surface area contributed by atoms with Crippen molar-refractivity contribution >= 4 is 10.8 Å². The summed E-state index contributed by atoms with van der Waals surface area (Å²) in [5.41, 5.74) is 1.49. The fourth-order valence-corrected chi connectivity index (χ4v) is 2.52. The monoisotopic (exact) mass is 198 g/mol. The van der Waals surface area contributed by atoms with E-state index < -0.39 is 0 Å². The summed E-state index contributed by atoms with van der Waals surface area (Å²) in [6, 6.07) is 16.2. The van der Waals surface area contributed by atoms with Crippen LogP contribution >= 0.6 is 0 Å². The largest absolute Gasteiger partial charge is 0.340 e. The van der Waals surface area contributed by atoms with Gasteiger partial charge in [-0.15, -0.1) is 0 Å². The van der Waals surface area contributed by atoms with Crippen LogP contribution in [0, 0.1) is 0 Å². The predicted octanol–water partition coefficient (Wildman–Crippen LogP) is 2.24. The van der Waals surface area contributed by atoms with Crippen molar-refractivity contribution in [1.29, 1.82) is 0 Å². The molecule has 0 bridgehead atoms. The molecule has 1 heteroatoms. The van der Waals surface area contributed by atoms with E-state index in [2.05, 4.69) is 47.8 Å². The van der Waals surface area contributed by atoms with Crippen LogP contribution in [0.1, 0.15) is 24.4 Å². The molecule has 0 aromatic heterocycles. The van der Waals surface area contributed by atoms with Gasteiger partial charge in [0.2, 0.25) is 0 Å². The molecule has 3 rings (SSSR count). The fourth-order valence-electron chi connectivity index (χ4n) is 2.52. The number of quaternary nitrogens is 1. The quantitative estimate of drug-likeness (QED) is 0.723. The van der Waals surface area contributed by atoms with Crippen LogP contribution in [0.15, 0.2) is 42.5 Å². The fraction of sp³-hybridized carbons (Fsp3) is 0.286. The van der Waals surface area contributed by atoms with Crippen LogP contribution in [0.5, 0.6) is 0 Å². The molecule has 15 heavy (non-hydrogen) atoms. The molecule has 0 saturated carbocycles. The smallest absolute Gasteiger partial charge is 0.112 e.